The molecule has 1 aliphatic rings. The number of nitrogens with zero attached hydrogens (tertiary/aromatic N) is 5. The molecule has 4 aromatic heterocycles. The number of aromatic amines is 2. The molecule has 4 heterocycles. The molecular weight excluding hydrogens is 362 g/mol. The molecular formula is C19H18ClN7. The second kappa shape index (κ2) is 6.39. The van der Waals surface area contributed by atoms with Crippen LogP contribution in [0.2, 0.25) is 5.02 Å². The Hall–Kier alpha value is -2.85. The predicted octanol–water partition coefficient (Wildman–Crippen LogP) is 4.60. The minimum Gasteiger partial charge on any atom is -0.346 e. The summed E-state index contributed by atoms with van der Waals surface area (Å²) in [4.78, 5) is 12.5. The minimum absolute atomic E-state index is 0.299. The highest BCUT2D eigenvalue weighted by atomic mass is 35.5. The summed E-state index contributed by atoms with van der Waals surface area (Å²) in [5, 5.41) is 17.8. The van der Waals surface area contributed by atoms with Crippen molar-refractivity contribution in [2.24, 2.45) is 5.92 Å². The molecule has 136 valence electrons. The van der Waals surface area contributed by atoms with Crippen molar-refractivity contribution in [2.45, 2.75) is 38.1 Å². The molecule has 0 bridgehead atoms. The lowest BCUT2D eigenvalue weighted by molar-refractivity contribution is 0.283. The highest BCUT2D eigenvalue weighted by molar-refractivity contribution is 6.32. The number of nitrogens with one attached hydrogen (secondary N) is 2. The normalized spacial score (nSPS) is 20.3. The monoisotopic (exact) mass is 379 g/mol. The zero-order valence-electron chi connectivity index (χ0n) is 14.6. The van der Waals surface area contributed by atoms with Crippen LogP contribution in [-0.4, -0.2) is 29.7 Å². The topological polar surface area (TPSA) is 99.0 Å². The van der Waals surface area contributed by atoms with E-state index in [0.29, 0.717) is 29.1 Å². The molecule has 1 fully saturated rings. The van der Waals surface area contributed by atoms with E-state index in [-0.39, 0.29) is 0 Å². The molecule has 2 N–H and O–H groups in total. The molecule has 7 nitrogen and oxygen atoms in total. The number of fused-ring (bicyclic) bond motifs is 3. The Morgan fingerprint density at radius 2 is 2.15 bits per heavy atom. The van der Waals surface area contributed by atoms with Crippen LogP contribution in [0.25, 0.3) is 33.6 Å². The summed E-state index contributed by atoms with van der Waals surface area (Å²) in [7, 11) is 0. The molecule has 1 aliphatic carbocycles. The van der Waals surface area contributed by atoms with Crippen LogP contribution in [0.15, 0.2) is 24.7 Å². The van der Waals surface area contributed by atoms with Gasteiger partial charge in [0, 0.05) is 30.2 Å². The summed E-state index contributed by atoms with van der Waals surface area (Å²) in [6, 6.07) is 4.66. The van der Waals surface area contributed by atoms with Crippen LogP contribution < -0.4 is 0 Å². The third-order valence-corrected chi connectivity index (χ3v) is 5.89. The van der Waals surface area contributed by atoms with Crippen LogP contribution in [0.5, 0.6) is 0 Å². The van der Waals surface area contributed by atoms with E-state index in [1.807, 2.05) is 12.3 Å². The molecule has 0 spiro atoms. The lowest BCUT2D eigenvalue weighted by atomic mass is 9.84. The third kappa shape index (κ3) is 2.60. The van der Waals surface area contributed by atoms with Crippen molar-refractivity contribution < 1.29 is 0 Å². The number of pyridine rings is 1. The first-order valence-corrected chi connectivity index (χ1v) is 9.54. The summed E-state index contributed by atoms with van der Waals surface area (Å²) in [5.41, 5.74) is 3.42. The van der Waals surface area contributed by atoms with E-state index in [1.165, 1.54) is 0 Å². The van der Waals surface area contributed by atoms with E-state index in [4.69, 9.17) is 21.8 Å². The fourth-order valence-electron chi connectivity index (χ4n) is 4.28. The largest absolute Gasteiger partial charge is 0.346 e. The average Bonchev–Trinajstić information content (AvgIpc) is 3.39. The highest BCUT2D eigenvalue weighted by Crippen LogP contribution is 2.40. The molecule has 0 aliphatic heterocycles. The maximum atomic E-state index is 9.00. The number of rotatable bonds is 3. The molecule has 5 rings (SSSR count). The van der Waals surface area contributed by atoms with Crippen molar-refractivity contribution in [3.8, 4) is 17.6 Å². The molecule has 0 unspecified atom stereocenters. The first kappa shape index (κ1) is 16.3. The van der Waals surface area contributed by atoms with Crippen LogP contribution in [-0.2, 0) is 0 Å². The van der Waals surface area contributed by atoms with Gasteiger partial charge in [0.2, 0.25) is 0 Å². The zero-order valence-corrected chi connectivity index (χ0v) is 15.4. The molecule has 27 heavy (non-hydrogen) atoms. The van der Waals surface area contributed by atoms with E-state index in [0.717, 1.165) is 53.6 Å². The van der Waals surface area contributed by atoms with Crippen LogP contribution in [0, 0.1) is 17.2 Å². The van der Waals surface area contributed by atoms with Gasteiger partial charge in [0.1, 0.15) is 16.9 Å². The van der Waals surface area contributed by atoms with Crippen molar-refractivity contribution in [3.63, 3.8) is 0 Å². The van der Waals surface area contributed by atoms with Crippen LogP contribution in [0.4, 0.5) is 0 Å². The van der Waals surface area contributed by atoms with Crippen molar-refractivity contribution >= 4 is 33.7 Å². The van der Waals surface area contributed by atoms with E-state index in [1.54, 1.807) is 12.4 Å². The number of imidazole rings is 1. The van der Waals surface area contributed by atoms with Gasteiger partial charge in [-0.2, -0.15) is 10.4 Å². The molecule has 0 atom stereocenters. The van der Waals surface area contributed by atoms with E-state index < -0.39 is 0 Å². The first-order valence-electron chi connectivity index (χ1n) is 9.17. The second-order valence-electron chi connectivity index (χ2n) is 7.16. The average molecular weight is 380 g/mol. The maximum absolute atomic E-state index is 9.00. The smallest absolute Gasteiger partial charge is 0.163 e. The molecule has 1 saturated carbocycles. The second-order valence-corrected chi connectivity index (χ2v) is 7.56. The number of hydrogen-bond acceptors (Lipinski definition) is 4. The number of aromatic nitrogens is 6. The van der Waals surface area contributed by atoms with Crippen molar-refractivity contribution in [1.29, 1.82) is 5.26 Å². The maximum Gasteiger partial charge on any atom is 0.163 e. The molecule has 0 aromatic carbocycles. The van der Waals surface area contributed by atoms with Gasteiger partial charge in [-0.1, -0.05) is 11.6 Å². The SMILES string of the molecule is N#CC[C@H]1CC[C@H](n2c(-c3n[nH]cc3Cl)nc3cnc4[nH]ccc4c32)CC1. The van der Waals surface area contributed by atoms with E-state index >= 15 is 0 Å². The van der Waals surface area contributed by atoms with Crippen molar-refractivity contribution in [3.05, 3.63) is 29.7 Å². The van der Waals surface area contributed by atoms with Gasteiger partial charge in [-0.05, 0) is 37.7 Å². The Bertz CT molecular complexity index is 1150. The Labute approximate surface area is 160 Å². The van der Waals surface area contributed by atoms with Gasteiger partial charge in [-0.15, -0.1) is 0 Å². The Morgan fingerprint density at radius 1 is 1.30 bits per heavy atom. The number of halogens is 1. The van der Waals surface area contributed by atoms with Gasteiger partial charge in [-0.3, -0.25) is 5.10 Å². The van der Waals surface area contributed by atoms with Gasteiger partial charge >= 0.3 is 0 Å². The summed E-state index contributed by atoms with van der Waals surface area (Å²) in [6.45, 7) is 0. The van der Waals surface area contributed by atoms with E-state index in [9.17, 15) is 0 Å². The van der Waals surface area contributed by atoms with Gasteiger partial charge in [0.05, 0.1) is 22.8 Å². The van der Waals surface area contributed by atoms with Gasteiger partial charge in [0.15, 0.2) is 5.82 Å². The van der Waals surface area contributed by atoms with Crippen molar-refractivity contribution in [1.82, 2.24) is 29.7 Å². The summed E-state index contributed by atoms with van der Waals surface area (Å²) in [6.07, 6.45) is 10.1. The Balaban J connectivity index is 1.70. The van der Waals surface area contributed by atoms with Crippen LogP contribution in [0.3, 0.4) is 0 Å². The fraction of sp³-hybridized carbons (Fsp3) is 0.368. The van der Waals surface area contributed by atoms with Crippen molar-refractivity contribution in [2.75, 3.05) is 0 Å². The number of nitriles is 1. The number of H-pyrrole nitrogens is 2. The first-order chi connectivity index (χ1) is 13.3. The Morgan fingerprint density at radius 3 is 2.89 bits per heavy atom. The molecule has 0 saturated heterocycles. The van der Waals surface area contributed by atoms with E-state index in [2.05, 4.69) is 30.8 Å². The highest BCUT2D eigenvalue weighted by Gasteiger charge is 2.28. The molecule has 0 amide bonds. The third-order valence-electron chi connectivity index (χ3n) is 5.60. The fourth-order valence-corrected chi connectivity index (χ4v) is 4.46. The van der Waals surface area contributed by atoms with Gasteiger partial charge in [0.25, 0.3) is 0 Å². The standard InChI is InChI=1S/C19H18ClN7/c20-14-9-24-26-16(14)19-25-15-10-23-18-13(6-8-22-18)17(15)27(19)12-3-1-11(2-4-12)5-7-21/h6,8-12H,1-5H2,(H,22,23)(H,24,26)/t11-,12-. The summed E-state index contributed by atoms with van der Waals surface area (Å²) >= 11 is 6.37. The molecule has 0 radical (unpaired) electrons. The van der Waals surface area contributed by atoms with Gasteiger partial charge in [-0.25, -0.2) is 9.97 Å². The molecule has 8 heteroatoms. The Kier molecular flexibility index (Phi) is 3.87. The van der Waals surface area contributed by atoms with Crippen LogP contribution in [0.1, 0.15) is 38.1 Å². The molecule has 4 aromatic rings. The lowest BCUT2D eigenvalue weighted by Gasteiger charge is -2.29. The number of hydrogen-bond donors (Lipinski definition) is 2. The predicted molar refractivity (Wildman–Crippen MR) is 103 cm³/mol. The zero-order chi connectivity index (χ0) is 18.4. The lowest BCUT2D eigenvalue weighted by Crippen LogP contribution is -2.19. The van der Waals surface area contributed by atoms with Gasteiger partial charge < -0.3 is 9.55 Å². The quantitative estimate of drug-likeness (QED) is 0.543. The summed E-state index contributed by atoms with van der Waals surface area (Å²) < 4.78 is 2.29. The summed E-state index contributed by atoms with van der Waals surface area (Å²) in [5.74, 6) is 1.27. The minimum atomic E-state index is 0.299. The van der Waals surface area contributed by atoms with Crippen LogP contribution >= 0.6 is 11.6 Å².